The summed E-state index contributed by atoms with van der Waals surface area (Å²) >= 11 is 0. The van der Waals surface area contributed by atoms with Gasteiger partial charge in [0.2, 0.25) is 0 Å². The van der Waals surface area contributed by atoms with Crippen LogP contribution in [0.2, 0.25) is 0 Å². The van der Waals surface area contributed by atoms with Crippen molar-refractivity contribution in [2.75, 3.05) is 0 Å². The average Bonchev–Trinajstić information content (AvgIpc) is 2.74. The first kappa shape index (κ1) is 16.5. The van der Waals surface area contributed by atoms with Crippen LogP contribution in [0.3, 0.4) is 0 Å². The van der Waals surface area contributed by atoms with Crippen LogP contribution >= 0.6 is 0 Å². The lowest BCUT2D eigenvalue weighted by atomic mass is 9.86. The van der Waals surface area contributed by atoms with Crippen molar-refractivity contribution in [2.45, 2.75) is 39.3 Å². The Labute approximate surface area is 128 Å². The van der Waals surface area contributed by atoms with Gasteiger partial charge in [-0.15, -0.1) is 0 Å². The number of aromatic nitrogens is 2. The zero-order chi connectivity index (χ0) is 16.7. The highest BCUT2D eigenvalue weighted by molar-refractivity contribution is 6.58. The molecule has 0 spiro atoms. The summed E-state index contributed by atoms with van der Waals surface area (Å²) in [5.74, 6) is 0. The van der Waals surface area contributed by atoms with Crippen LogP contribution in [-0.2, 0) is 4.74 Å². The molecule has 8 heteroatoms. The normalized spacial score (nSPS) is 13.2. The van der Waals surface area contributed by atoms with Gasteiger partial charge in [-0.3, -0.25) is 0 Å². The lowest BCUT2D eigenvalue weighted by molar-refractivity contribution is 0.0547. The topological polar surface area (TPSA) is 111 Å². The Morgan fingerprint density at radius 1 is 1.41 bits per heavy atom. The third-order valence-electron chi connectivity index (χ3n) is 3.01. The molecule has 0 unspecified atom stereocenters. The summed E-state index contributed by atoms with van der Waals surface area (Å²) in [5.41, 5.74) is 5.97. The first-order chi connectivity index (χ1) is 10.1. The maximum Gasteiger partial charge on any atom is 0.506 e. The predicted octanol–water partition coefficient (Wildman–Crippen LogP) is 0.519. The molecule has 2 aromatic rings. The van der Waals surface area contributed by atoms with Crippen molar-refractivity contribution in [1.82, 2.24) is 9.55 Å². The van der Waals surface area contributed by atoms with Crippen molar-refractivity contribution in [3.05, 3.63) is 23.9 Å². The number of hydrogen-bond donors (Lipinski definition) is 3. The Kier molecular flexibility index (Phi) is 4.28. The molecule has 0 aliphatic carbocycles. The van der Waals surface area contributed by atoms with Gasteiger partial charge in [-0.2, -0.15) is 0 Å². The predicted molar refractivity (Wildman–Crippen MR) is 83.8 cm³/mol. The summed E-state index contributed by atoms with van der Waals surface area (Å²) in [4.78, 5) is 16.7. The average molecular weight is 305 g/mol. The maximum atomic E-state index is 12.4. The molecule has 118 valence electrons. The number of pyridine rings is 1. The molecule has 2 heterocycles. The number of nitrogens with two attached hydrogens (primary N) is 1. The minimum absolute atomic E-state index is 0.00132. The number of nitrogens with zero attached hydrogens (tertiary/aromatic N) is 2. The molecule has 0 saturated carbocycles. The fourth-order valence-electron chi connectivity index (χ4n) is 2.05. The number of hydrogen-bond acceptors (Lipinski definition) is 6. The third-order valence-corrected chi connectivity index (χ3v) is 3.01. The van der Waals surface area contributed by atoms with E-state index in [0.29, 0.717) is 11.1 Å². The molecule has 0 aromatic carbocycles. The van der Waals surface area contributed by atoms with Gasteiger partial charge in [0, 0.05) is 11.4 Å². The molecule has 7 nitrogen and oxygen atoms in total. The minimum Gasteiger partial charge on any atom is -0.443 e. The fourth-order valence-corrected chi connectivity index (χ4v) is 2.05. The SMILES string of the molecule is C[C@@H](N)c1ccc2cc(B(O)O)n(C(=O)OC(C)(C)C)c2n1. The van der Waals surface area contributed by atoms with E-state index in [9.17, 15) is 14.8 Å². The van der Waals surface area contributed by atoms with Crippen LogP contribution in [0.4, 0.5) is 4.79 Å². The first-order valence-electron chi connectivity index (χ1n) is 6.97. The summed E-state index contributed by atoms with van der Waals surface area (Å²) in [7, 11) is -1.82. The molecule has 0 radical (unpaired) electrons. The number of rotatable bonds is 2. The molecule has 0 aliphatic heterocycles. The monoisotopic (exact) mass is 305 g/mol. The Hall–Kier alpha value is -1.90. The molecule has 0 saturated heterocycles. The van der Waals surface area contributed by atoms with Gasteiger partial charge in [-0.1, -0.05) is 0 Å². The van der Waals surface area contributed by atoms with Crippen LogP contribution in [-0.4, -0.2) is 38.4 Å². The Morgan fingerprint density at radius 3 is 2.55 bits per heavy atom. The van der Waals surface area contributed by atoms with E-state index < -0.39 is 18.8 Å². The summed E-state index contributed by atoms with van der Waals surface area (Å²) in [6, 6.07) is 4.64. The standard InChI is InChI=1S/C14H20BN3O4/c1-8(16)10-6-5-9-7-11(15(20)21)18(12(9)17-10)13(19)22-14(2,3)4/h5-8,20-21H,16H2,1-4H3/t8-/m1/s1. The van der Waals surface area contributed by atoms with Gasteiger partial charge in [0.15, 0.2) is 0 Å². The highest BCUT2D eigenvalue weighted by Crippen LogP contribution is 2.18. The Bertz CT molecular complexity index is 704. The molecule has 1 atom stereocenters. The molecule has 0 aliphatic rings. The van der Waals surface area contributed by atoms with E-state index in [1.54, 1.807) is 39.8 Å². The minimum atomic E-state index is -1.82. The van der Waals surface area contributed by atoms with Crippen molar-refractivity contribution in [3.8, 4) is 0 Å². The van der Waals surface area contributed by atoms with Crippen LogP contribution in [0.1, 0.15) is 39.4 Å². The summed E-state index contributed by atoms with van der Waals surface area (Å²) < 4.78 is 6.38. The summed E-state index contributed by atoms with van der Waals surface area (Å²) in [5, 5.41) is 19.6. The number of fused-ring (bicyclic) bond motifs is 1. The van der Waals surface area contributed by atoms with Crippen LogP contribution in [0, 0.1) is 0 Å². The number of carbonyl (C=O) groups is 1. The van der Waals surface area contributed by atoms with E-state index in [-0.39, 0.29) is 17.3 Å². The van der Waals surface area contributed by atoms with Gasteiger partial charge in [0.1, 0.15) is 11.2 Å². The molecular weight excluding hydrogens is 285 g/mol. The number of ether oxygens (including phenoxy) is 1. The molecule has 2 rings (SSSR count). The molecular formula is C14H20BN3O4. The lowest BCUT2D eigenvalue weighted by Gasteiger charge is -2.20. The second kappa shape index (κ2) is 5.71. The van der Waals surface area contributed by atoms with Gasteiger partial charge >= 0.3 is 13.2 Å². The van der Waals surface area contributed by atoms with Gasteiger partial charge in [0.05, 0.1) is 11.3 Å². The molecule has 0 amide bonds. The number of carbonyl (C=O) groups excluding carboxylic acids is 1. The van der Waals surface area contributed by atoms with Gasteiger partial charge in [0.25, 0.3) is 0 Å². The summed E-state index contributed by atoms with van der Waals surface area (Å²) in [6.07, 6.45) is -0.722. The van der Waals surface area contributed by atoms with Crippen molar-refractivity contribution in [1.29, 1.82) is 0 Å². The van der Waals surface area contributed by atoms with E-state index in [0.717, 1.165) is 4.57 Å². The van der Waals surface area contributed by atoms with Crippen molar-refractivity contribution in [3.63, 3.8) is 0 Å². The van der Waals surface area contributed by atoms with E-state index in [1.165, 1.54) is 6.07 Å². The van der Waals surface area contributed by atoms with Gasteiger partial charge < -0.3 is 20.5 Å². The van der Waals surface area contributed by atoms with Crippen molar-refractivity contribution >= 4 is 29.8 Å². The largest absolute Gasteiger partial charge is 0.506 e. The molecule has 22 heavy (non-hydrogen) atoms. The van der Waals surface area contributed by atoms with Crippen molar-refractivity contribution < 1.29 is 19.6 Å². The van der Waals surface area contributed by atoms with Gasteiger partial charge in [-0.25, -0.2) is 14.3 Å². The lowest BCUT2D eigenvalue weighted by Crippen LogP contribution is -2.41. The smallest absolute Gasteiger partial charge is 0.443 e. The molecule has 2 aromatic heterocycles. The molecule has 4 N–H and O–H groups in total. The molecule has 0 fully saturated rings. The Morgan fingerprint density at radius 2 is 2.05 bits per heavy atom. The van der Waals surface area contributed by atoms with E-state index in [1.807, 2.05) is 0 Å². The second-order valence-corrected chi connectivity index (χ2v) is 6.20. The van der Waals surface area contributed by atoms with Crippen LogP contribution in [0.15, 0.2) is 18.2 Å². The highest BCUT2D eigenvalue weighted by atomic mass is 16.6. The van der Waals surface area contributed by atoms with Crippen LogP contribution in [0.25, 0.3) is 11.0 Å². The quantitative estimate of drug-likeness (QED) is 0.698. The second-order valence-electron chi connectivity index (χ2n) is 6.20. The van der Waals surface area contributed by atoms with Crippen molar-refractivity contribution in [2.24, 2.45) is 5.73 Å². The zero-order valence-electron chi connectivity index (χ0n) is 13.1. The van der Waals surface area contributed by atoms with Gasteiger partial charge in [-0.05, 0) is 45.9 Å². The first-order valence-corrected chi connectivity index (χ1v) is 6.97. The Balaban J connectivity index is 2.64. The van der Waals surface area contributed by atoms with Crippen LogP contribution < -0.4 is 11.3 Å². The third kappa shape index (κ3) is 3.29. The van der Waals surface area contributed by atoms with E-state index in [2.05, 4.69) is 4.98 Å². The van der Waals surface area contributed by atoms with E-state index in [4.69, 9.17) is 10.5 Å². The fraction of sp³-hybridized carbons (Fsp3) is 0.429. The zero-order valence-corrected chi connectivity index (χ0v) is 13.1. The molecule has 0 bridgehead atoms. The van der Waals surface area contributed by atoms with Crippen LogP contribution in [0.5, 0.6) is 0 Å². The summed E-state index contributed by atoms with van der Waals surface area (Å²) in [6.45, 7) is 6.96. The highest BCUT2D eigenvalue weighted by Gasteiger charge is 2.28. The maximum absolute atomic E-state index is 12.4. The van der Waals surface area contributed by atoms with E-state index >= 15 is 0 Å².